The number of nitrogens with zero attached hydrogens (tertiary/aromatic N) is 4. The van der Waals surface area contributed by atoms with Gasteiger partial charge >= 0.3 is 0 Å². The van der Waals surface area contributed by atoms with Crippen molar-refractivity contribution in [3.63, 3.8) is 0 Å². The van der Waals surface area contributed by atoms with Crippen LogP contribution >= 0.6 is 0 Å². The smallest absolute Gasteiger partial charge is 0.262 e. The number of para-hydroxylation sites is 2. The molecule has 5 rings (SSSR count). The average Bonchev–Trinajstić information content (AvgIpc) is 3.26. The number of aromatic nitrogens is 3. The third kappa shape index (κ3) is 2.37. The van der Waals surface area contributed by atoms with E-state index in [4.69, 9.17) is 9.84 Å². The Morgan fingerprint density at radius 1 is 0.931 bits per heavy atom. The summed E-state index contributed by atoms with van der Waals surface area (Å²) in [6.07, 6.45) is 1.45. The molecule has 1 aliphatic rings. The molecule has 0 aliphatic carbocycles. The zero-order chi connectivity index (χ0) is 20.1. The molecule has 0 unspecified atom stereocenters. The molecule has 4 aromatic rings. The van der Waals surface area contributed by atoms with Crippen LogP contribution in [0.4, 0.5) is 0 Å². The highest BCUT2D eigenvalue weighted by atomic mass is 16.5. The molecule has 2 aromatic heterocycles. The number of imide groups is 1. The van der Waals surface area contributed by atoms with Crippen LogP contribution in [0.15, 0.2) is 60.8 Å². The summed E-state index contributed by atoms with van der Waals surface area (Å²) in [6.45, 7) is 0. The van der Waals surface area contributed by atoms with Crippen molar-refractivity contribution < 1.29 is 14.3 Å². The highest BCUT2D eigenvalue weighted by Gasteiger charge is 2.37. The van der Waals surface area contributed by atoms with Gasteiger partial charge in [-0.25, -0.2) is 9.67 Å². The van der Waals surface area contributed by atoms with Gasteiger partial charge in [0.15, 0.2) is 5.65 Å². The van der Waals surface area contributed by atoms with E-state index in [0.29, 0.717) is 39.3 Å². The van der Waals surface area contributed by atoms with E-state index in [1.54, 1.807) is 11.8 Å². The molecule has 142 valence electrons. The monoisotopic (exact) mass is 384 g/mol. The maximum absolute atomic E-state index is 12.9. The third-order valence-corrected chi connectivity index (χ3v) is 5.11. The molecule has 29 heavy (non-hydrogen) atoms. The Balaban J connectivity index is 1.91. The van der Waals surface area contributed by atoms with Gasteiger partial charge in [0.25, 0.3) is 11.8 Å². The normalized spacial score (nSPS) is 13.2. The summed E-state index contributed by atoms with van der Waals surface area (Å²) in [6, 6.07) is 17.0. The fraction of sp³-hybridized carbons (Fsp3) is 0.0909. The number of carbonyl (C=O) groups excluding carboxylic acids is 2. The lowest BCUT2D eigenvalue weighted by molar-refractivity contribution is 0.0693. The molecule has 0 fully saturated rings. The fourth-order valence-corrected chi connectivity index (χ4v) is 3.68. The molecule has 2 amide bonds. The highest BCUT2D eigenvalue weighted by Crippen LogP contribution is 2.37. The van der Waals surface area contributed by atoms with Crippen LogP contribution in [0.25, 0.3) is 28.0 Å². The Kier molecular flexibility index (Phi) is 3.70. The Labute approximate surface area is 166 Å². The van der Waals surface area contributed by atoms with Crippen molar-refractivity contribution in [3.8, 4) is 22.7 Å². The van der Waals surface area contributed by atoms with Crippen LogP contribution in [0.5, 0.6) is 5.75 Å². The van der Waals surface area contributed by atoms with Crippen LogP contribution in [0.3, 0.4) is 0 Å². The van der Waals surface area contributed by atoms with E-state index in [1.807, 2.05) is 54.6 Å². The van der Waals surface area contributed by atoms with Gasteiger partial charge in [0.1, 0.15) is 17.1 Å². The zero-order valence-corrected chi connectivity index (χ0v) is 15.8. The molecular weight excluding hydrogens is 368 g/mol. The lowest BCUT2D eigenvalue weighted by atomic mass is 10.0. The molecule has 3 heterocycles. The first-order valence-electron chi connectivity index (χ1n) is 9.04. The summed E-state index contributed by atoms with van der Waals surface area (Å²) in [4.78, 5) is 31.0. The van der Waals surface area contributed by atoms with E-state index in [0.717, 1.165) is 10.5 Å². The topological polar surface area (TPSA) is 77.3 Å². The van der Waals surface area contributed by atoms with Crippen LogP contribution in [0, 0.1) is 0 Å². The van der Waals surface area contributed by atoms with Crippen molar-refractivity contribution in [1.82, 2.24) is 19.7 Å². The highest BCUT2D eigenvalue weighted by molar-refractivity contribution is 6.27. The predicted molar refractivity (Wildman–Crippen MR) is 107 cm³/mol. The van der Waals surface area contributed by atoms with Crippen molar-refractivity contribution in [2.45, 2.75) is 0 Å². The minimum Gasteiger partial charge on any atom is -0.494 e. The van der Waals surface area contributed by atoms with Crippen LogP contribution in [-0.2, 0) is 0 Å². The molecule has 0 atom stereocenters. The summed E-state index contributed by atoms with van der Waals surface area (Å²) in [5.41, 5.74) is 3.23. The minimum absolute atomic E-state index is 0.293. The molecule has 7 heteroatoms. The Bertz CT molecular complexity index is 1290. The van der Waals surface area contributed by atoms with Gasteiger partial charge < -0.3 is 4.74 Å². The molecular formula is C22H16N4O3. The number of benzene rings is 2. The first kappa shape index (κ1) is 17.1. The third-order valence-electron chi connectivity index (χ3n) is 5.11. The van der Waals surface area contributed by atoms with Crippen molar-refractivity contribution in [3.05, 3.63) is 71.9 Å². The summed E-state index contributed by atoms with van der Waals surface area (Å²) in [7, 11) is 3.06. The first-order valence-corrected chi connectivity index (χ1v) is 9.04. The van der Waals surface area contributed by atoms with E-state index >= 15 is 0 Å². The quantitative estimate of drug-likeness (QED) is 0.507. The van der Waals surface area contributed by atoms with E-state index in [-0.39, 0.29) is 11.8 Å². The number of pyridine rings is 1. The van der Waals surface area contributed by atoms with E-state index < -0.39 is 0 Å². The number of ether oxygens (including phenoxy) is 1. The molecule has 0 radical (unpaired) electrons. The molecule has 0 saturated heterocycles. The number of methoxy groups -OCH3 is 1. The predicted octanol–water partition coefficient (Wildman–Crippen LogP) is 3.32. The van der Waals surface area contributed by atoms with Crippen molar-refractivity contribution in [2.75, 3.05) is 14.2 Å². The van der Waals surface area contributed by atoms with Crippen LogP contribution in [0.1, 0.15) is 20.7 Å². The first-order chi connectivity index (χ1) is 14.1. The van der Waals surface area contributed by atoms with Gasteiger partial charge in [0.05, 0.1) is 23.6 Å². The second-order valence-electron chi connectivity index (χ2n) is 6.71. The van der Waals surface area contributed by atoms with Crippen molar-refractivity contribution >= 4 is 22.8 Å². The largest absolute Gasteiger partial charge is 0.494 e. The summed E-state index contributed by atoms with van der Waals surface area (Å²) in [5, 5.41) is 5.35. The SMILES string of the molecule is COc1ccccc1-n1nc(-c2ccccc2)c2c3c(cnc21)C(=O)N(C)C3=O. The minimum atomic E-state index is -0.358. The number of rotatable bonds is 3. The number of hydrogen-bond donors (Lipinski definition) is 0. The van der Waals surface area contributed by atoms with Gasteiger partial charge in [-0.1, -0.05) is 42.5 Å². The number of carbonyl (C=O) groups is 2. The Morgan fingerprint density at radius 3 is 2.41 bits per heavy atom. The van der Waals surface area contributed by atoms with E-state index in [9.17, 15) is 9.59 Å². The van der Waals surface area contributed by atoms with Crippen LogP contribution in [0.2, 0.25) is 0 Å². The fourth-order valence-electron chi connectivity index (χ4n) is 3.68. The number of fused-ring (bicyclic) bond motifs is 3. The lowest BCUT2D eigenvalue weighted by Crippen LogP contribution is -2.24. The lowest BCUT2D eigenvalue weighted by Gasteiger charge is -2.08. The molecule has 7 nitrogen and oxygen atoms in total. The molecule has 0 N–H and O–H groups in total. The van der Waals surface area contributed by atoms with Gasteiger partial charge in [-0.15, -0.1) is 0 Å². The van der Waals surface area contributed by atoms with Crippen LogP contribution in [-0.4, -0.2) is 45.6 Å². The summed E-state index contributed by atoms with van der Waals surface area (Å²) >= 11 is 0. The van der Waals surface area contributed by atoms with Crippen molar-refractivity contribution in [1.29, 1.82) is 0 Å². The Hall–Kier alpha value is -4.00. The van der Waals surface area contributed by atoms with Crippen LogP contribution < -0.4 is 4.74 Å². The number of hydrogen-bond acceptors (Lipinski definition) is 5. The summed E-state index contributed by atoms with van der Waals surface area (Å²) < 4.78 is 7.15. The molecule has 0 bridgehead atoms. The van der Waals surface area contributed by atoms with Gasteiger partial charge in [0.2, 0.25) is 0 Å². The zero-order valence-electron chi connectivity index (χ0n) is 15.8. The maximum atomic E-state index is 12.9. The molecule has 1 aliphatic heterocycles. The van der Waals surface area contributed by atoms with Crippen molar-refractivity contribution in [2.24, 2.45) is 0 Å². The molecule has 0 saturated carbocycles. The average molecular weight is 384 g/mol. The van der Waals surface area contributed by atoms with Gasteiger partial charge in [-0.05, 0) is 12.1 Å². The Morgan fingerprint density at radius 2 is 1.66 bits per heavy atom. The van der Waals surface area contributed by atoms with E-state index in [2.05, 4.69) is 4.98 Å². The molecule has 2 aromatic carbocycles. The van der Waals surface area contributed by atoms with Gasteiger partial charge in [-0.3, -0.25) is 14.5 Å². The molecule has 0 spiro atoms. The number of amides is 2. The second-order valence-corrected chi connectivity index (χ2v) is 6.71. The second kappa shape index (κ2) is 6.27. The summed E-state index contributed by atoms with van der Waals surface area (Å²) in [5.74, 6) is -0.0871. The maximum Gasteiger partial charge on any atom is 0.262 e. The van der Waals surface area contributed by atoms with Gasteiger partial charge in [0, 0.05) is 18.8 Å². The standard InChI is InChI=1S/C22H16N4O3/c1-25-21(27)14-12-23-20-18(17(14)22(25)28)19(13-8-4-3-5-9-13)24-26(20)15-10-6-7-11-16(15)29-2/h3-12H,1-2H3. The van der Waals surface area contributed by atoms with E-state index in [1.165, 1.54) is 13.2 Å². The van der Waals surface area contributed by atoms with Gasteiger partial charge in [-0.2, -0.15) is 5.10 Å².